The number of hydrogen-bond acceptors (Lipinski definition) is 2. The third-order valence-corrected chi connectivity index (χ3v) is 4.87. The molecule has 0 aromatic rings. The van der Waals surface area contributed by atoms with Crippen LogP contribution < -0.4 is 5.32 Å². The molecule has 0 spiro atoms. The summed E-state index contributed by atoms with van der Waals surface area (Å²) >= 11 is 0. The molecule has 2 fully saturated rings. The number of rotatable bonds is 5. The summed E-state index contributed by atoms with van der Waals surface area (Å²) in [6.45, 7) is 8.56. The van der Waals surface area contributed by atoms with Crippen LogP contribution in [0.2, 0.25) is 0 Å². The highest BCUT2D eigenvalue weighted by Gasteiger charge is 2.40. The second-order valence-electron chi connectivity index (χ2n) is 6.19. The molecule has 0 amide bonds. The van der Waals surface area contributed by atoms with E-state index in [4.69, 9.17) is 0 Å². The van der Waals surface area contributed by atoms with Gasteiger partial charge in [0.25, 0.3) is 0 Å². The minimum atomic E-state index is 0.689. The topological polar surface area (TPSA) is 15.3 Å². The predicted octanol–water partition coefficient (Wildman–Crippen LogP) is 2.50. The highest BCUT2D eigenvalue weighted by atomic mass is 15.1. The van der Waals surface area contributed by atoms with Gasteiger partial charge in [-0.3, -0.25) is 0 Å². The molecule has 0 radical (unpaired) electrons. The van der Waals surface area contributed by atoms with E-state index in [1.807, 2.05) is 0 Å². The third kappa shape index (κ3) is 2.98. The molecular weight excluding hydrogens is 196 g/mol. The second-order valence-corrected chi connectivity index (χ2v) is 6.19. The van der Waals surface area contributed by atoms with E-state index in [1.165, 1.54) is 51.7 Å². The zero-order valence-corrected chi connectivity index (χ0v) is 11.3. The SMILES string of the molecule is CCC1(CNC(C)C2CCCN(C)C2)CC1. The molecule has 2 heteroatoms. The maximum absolute atomic E-state index is 3.80. The highest BCUT2D eigenvalue weighted by Crippen LogP contribution is 2.48. The van der Waals surface area contributed by atoms with Gasteiger partial charge in [-0.05, 0) is 64.0 Å². The Hall–Kier alpha value is -0.0800. The zero-order chi connectivity index (χ0) is 11.6. The van der Waals surface area contributed by atoms with Crippen LogP contribution in [-0.2, 0) is 0 Å². The molecule has 0 bridgehead atoms. The zero-order valence-electron chi connectivity index (χ0n) is 11.3. The van der Waals surface area contributed by atoms with Gasteiger partial charge in [-0.1, -0.05) is 6.92 Å². The molecule has 94 valence electrons. The van der Waals surface area contributed by atoms with Crippen molar-refractivity contribution < 1.29 is 0 Å². The molecule has 2 rings (SSSR count). The van der Waals surface area contributed by atoms with Gasteiger partial charge in [-0.15, -0.1) is 0 Å². The first-order valence-corrected chi connectivity index (χ1v) is 7.07. The Morgan fingerprint density at radius 1 is 1.44 bits per heavy atom. The monoisotopic (exact) mass is 224 g/mol. The number of nitrogens with one attached hydrogen (secondary N) is 1. The Morgan fingerprint density at radius 3 is 2.75 bits per heavy atom. The van der Waals surface area contributed by atoms with Crippen molar-refractivity contribution in [3.05, 3.63) is 0 Å². The molecule has 1 heterocycles. The summed E-state index contributed by atoms with van der Waals surface area (Å²) in [5.41, 5.74) is 0.689. The molecule has 1 aliphatic carbocycles. The van der Waals surface area contributed by atoms with Crippen LogP contribution in [0.1, 0.15) is 46.0 Å². The van der Waals surface area contributed by atoms with Crippen molar-refractivity contribution in [2.75, 3.05) is 26.7 Å². The first-order chi connectivity index (χ1) is 7.65. The van der Waals surface area contributed by atoms with Crippen molar-refractivity contribution in [1.82, 2.24) is 10.2 Å². The largest absolute Gasteiger partial charge is 0.313 e. The quantitative estimate of drug-likeness (QED) is 0.772. The second kappa shape index (κ2) is 5.05. The van der Waals surface area contributed by atoms with E-state index in [1.54, 1.807) is 0 Å². The maximum atomic E-state index is 3.80. The normalized spacial score (nSPS) is 31.3. The Bertz CT molecular complexity index is 223. The molecule has 1 saturated heterocycles. The van der Waals surface area contributed by atoms with Crippen LogP contribution in [0, 0.1) is 11.3 Å². The van der Waals surface area contributed by atoms with Crippen molar-refractivity contribution in [2.24, 2.45) is 11.3 Å². The summed E-state index contributed by atoms with van der Waals surface area (Å²) in [7, 11) is 2.26. The lowest BCUT2D eigenvalue weighted by Gasteiger charge is -2.34. The van der Waals surface area contributed by atoms with Crippen LogP contribution in [0.25, 0.3) is 0 Å². The predicted molar refractivity (Wildman–Crippen MR) is 69.6 cm³/mol. The molecule has 0 aromatic carbocycles. The van der Waals surface area contributed by atoms with E-state index in [2.05, 4.69) is 31.1 Å². The highest BCUT2D eigenvalue weighted by molar-refractivity contribution is 4.94. The Morgan fingerprint density at radius 2 is 2.19 bits per heavy atom. The van der Waals surface area contributed by atoms with Crippen LogP contribution in [0.5, 0.6) is 0 Å². The Kier molecular flexibility index (Phi) is 3.91. The smallest absolute Gasteiger partial charge is 0.00794 e. The van der Waals surface area contributed by atoms with Crippen molar-refractivity contribution in [3.8, 4) is 0 Å². The summed E-state index contributed by atoms with van der Waals surface area (Å²) < 4.78 is 0. The van der Waals surface area contributed by atoms with Gasteiger partial charge in [0, 0.05) is 19.1 Å². The van der Waals surface area contributed by atoms with E-state index in [9.17, 15) is 0 Å². The van der Waals surface area contributed by atoms with Gasteiger partial charge in [0.15, 0.2) is 0 Å². The van der Waals surface area contributed by atoms with E-state index >= 15 is 0 Å². The summed E-state index contributed by atoms with van der Waals surface area (Å²) in [6, 6.07) is 0.701. The van der Waals surface area contributed by atoms with Crippen LogP contribution >= 0.6 is 0 Å². The lowest BCUT2D eigenvalue weighted by Crippen LogP contribution is -2.44. The standard InChI is InChI=1S/C14H28N2/c1-4-14(7-8-14)11-15-12(2)13-6-5-9-16(3)10-13/h12-13,15H,4-11H2,1-3H3. The average Bonchev–Trinajstić information content (AvgIpc) is 3.07. The summed E-state index contributed by atoms with van der Waals surface area (Å²) in [4.78, 5) is 2.49. The van der Waals surface area contributed by atoms with E-state index in [-0.39, 0.29) is 0 Å². The number of hydrogen-bond donors (Lipinski definition) is 1. The summed E-state index contributed by atoms with van der Waals surface area (Å²) in [6.07, 6.45) is 7.06. The van der Waals surface area contributed by atoms with Crippen molar-refractivity contribution in [2.45, 2.75) is 52.0 Å². The van der Waals surface area contributed by atoms with Gasteiger partial charge in [0.2, 0.25) is 0 Å². The Labute approximate surface area is 101 Å². The van der Waals surface area contributed by atoms with Crippen LogP contribution in [0.3, 0.4) is 0 Å². The number of piperidine rings is 1. The van der Waals surface area contributed by atoms with Crippen LogP contribution in [0.4, 0.5) is 0 Å². The average molecular weight is 224 g/mol. The fourth-order valence-electron chi connectivity index (χ4n) is 2.99. The number of likely N-dealkylation sites (tertiary alicyclic amines) is 1. The molecule has 2 aliphatic rings. The third-order valence-electron chi connectivity index (χ3n) is 4.87. The molecule has 2 unspecified atom stereocenters. The molecule has 1 N–H and O–H groups in total. The van der Waals surface area contributed by atoms with Gasteiger partial charge in [-0.25, -0.2) is 0 Å². The molecular formula is C14H28N2. The van der Waals surface area contributed by atoms with Gasteiger partial charge < -0.3 is 10.2 Å². The molecule has 2 nitrogen and oxygen atoms in total. The van der Waals surface area contributed by atoms with Gasteiger partial charge in [0.1, 0.15) is 0 Å². The maximum Gasteiger partial charge on any atom is 0.00794 e. The van der Waals surface area contributed by atoms with Gasteiger partial charge in [-0.2, -0.15) is 0 Å². The minimum absolute atomic E-state index is 0.689. The van der Waals surface area contributed by atoms with Gasteiger partial charge >= 0.3 is 0 Å². The van der Waals surface area contributed by atoms with Gasteiger partial charge in [0.05, 0.1) is 0 Å². The first kappa shape index (κ1) is 12.4. The lowest BCUT2D eigenvalue weighted by atomic mass is 9.91. The van der Waals surface area contributed by atoms with E-state index < -0.39 is 0 Å². The van der Waals surface area contributed by atoms with Crippen molar-refractivity contribution >= 4 is 0 Å². The summed E-state index contributed by atoms with van der Waals surface area (Å²) in [5.74, 6) is 0.867. The van der Waals surface area contributed by atoms with Crippen molar-refractivity contribution in [1.29, 1.82) is 0 Å². The van der Waals surface area contributed by atoms with E-state index in [0.29, 0.717) is 11.5 Å². The fourth-order valence-corrected chi connectivity index (χ4v) is 2.99. The summed E-state index contributed by atoms with van der Waals surface area (Å²) in [5, 5.41) is 3.80. The van der Waals surface area contributed by atoms with Crippen LogP contribution in [-0.4, -0.2) is 37.6 Å². The van der Waals surface area contributed by atoms with E-state index in [0.717, 1.165) is 5.92 Å². The first-order valence-electron chi connectivity index (χ1n) is 7.07. The molecule has 0 aromatic heterocycles. The number of nitrogens with zero attached hydrogens (tertiary/aromatic N) is 1. The lowest BCUT2D eigenvalue weighted by molar-refractivity contribution is 0.175. The van der Waals surface area contributed by atoms with Crippen LogP contribution in [0.15, 0.2) is 0 Å². The minimum Gasteiger partial charge on any atom is -0.313 e. The molecule has 2 atom stereocenters. The molecule has 16 heavy (non-hydrogen) atoms. The van der Waals surface area contributed by atoms with Crippen molar-refractivity contribution in [3.63, 3.8) is 0 Å². The molecule has 1 saturated carbocycles. The Balaban J connectivity index is 1.72. The fraction of sp³-hybridized carbons (Fsp3) is 1.00. The molecule has 1 aliphatic heterocycles.